The highest BCUT2D eigenvalue weighted by molar-refractivity contribution is 5.33. The van der Waals surface area contributed by atoms with E-state index in [0.717, 1.165) is 24.8 Å². The molecule has 22 heavy (non-hydrogen) atoms. The molecule has 0 heterocycles. The Kier molecular flexibility index (Phi) is 7.18. The van der Waals surface area contributed by atoms with Gasteiger partial charge >= 0.3 is 6.18 Å². The summed E-state index contributed by atoms with van der Waals surface area (Å²) >= 11 is 0. The van der Waals surface area contributed by atoms with Crippen LogP contribution < -0.4 is 0 Å². The molecule has 1 rings (SSSR count). The largest absolute Gasteiger partial charge is 0.409 e. The summed E-state index contributed by atoms with van der Waals surface area (Å²) in [5.41, 5.74) is 3.91. The maximum absolute atomic E-state index is 12.6. The van der Waals surface area contributed by atoms with Crippen LogP contribution in [0.1, 0.15) is 56.7 Å². The molecule has 1 atom stereocenters. The minimum Gasteiger partial charge on any atom is -0.167 e. The van der Waals surface area contributed by atoms with E-state index < -0.39 is 6.18 Å². The molecule has 0 bridgehead atoms. The van der Waals surface area contributed by atoms with Crippen LogP contribution in [0.5, 0.6) is 0 Å². The zero-order chi connectivity index (χ0) is 16.8. The first-order valence-electron chi connectivity index (χ1n) is 8.10. The van der Waals surface area contributed by atoms with Crippen LogP contribution in [0.4, 0.5) is 13.2 Å². The standard InChI is InChI=1S/C19H27F3/c1-5-7-17(13-19(20,21)22)12-16-8-9-18(15(4)11-16)10-14(3)6-2/h8-9,11,13-14H,5-7,10,12H2,1-4H3/b17-13+. The fourth-order valence-corrected chi connectivity index (χ4v) is 2.64. The fourth-order valence-electron chi connectivity index (χ4n) is 2.64. The normalized spacial score (nSPS) is 14.2. The van der Waals surface area contributed by atoms with E-state index in [2.05, 4.69) is 19.9 Å². The van der Waals surface area contributed by atoms with Gasteiger partial charge in [-0.05, 0) is 48.8 Å². The predicted molar refractivity (Wildman–Crippen MR) is 87.1 cm³/mol. The molecule has 0 aliphatic heterocycles. The van der Waals surface area contributed by atoms with Crippen molar-refractivity contribution in [3.63, 3.8) is 0 Å². The Morgan fingerprint density at radius 3 is 2.41 bits per heavy atom. The van der Waals surface area contributed by atoms with Gasteiger partial charge in [0.15, 0.2) is 0 Å². The van der Waals surface area contributed by atoms with Crippen molar-refractivity contribution in [1.82, 2.24) is 0 Å². The van der Waals surface area contributed by atoms with Gasteiger partial charge in [-0.25, -0.2) is 0 Å². The maximum atomic E-state index is 12.6. The second-order valence-electron chi connectivity index (χ2n) is 6.25. The highest BCUT2D eigenvalue weighted by atomic mass is 19.4. The highest BCUT2D eigenvalue weighted by Gasteiger charge is 2.24. The smallest absolute Gasteiger partial charge is 0.167 e. The van der Waals surface area contributed by atoms with E-state index in [1.165, 1.54) is 11.1 Å². The fraction of sp³-hybridized carbons (Fsp3) is 0.579. The summed E-state index contributed by atoms with van der Waals surface area (Å²) in [6.45, 7) is 8.35. The zero-order valence-electron chi connectivity index (χ0n) is 14.1. The summed E-state index contributed by atoms with van der Waals surface area (Å²) in [5.74, 6) is 0.630. The number of alkyl halides is 3. The Morgan fingerprint density at radius 2 is 1.91 bits per heavy atom. The van der Waals surface area contributed by atoms with Crippen LogP contribution in [0.2, 0.25) is 0 Å². The minimum atomic E-state index is -4.23. The lowest BCUT2D eigenvalue weighted by Gasteiger charge is -2.14. The lowest BCUT2D eigenvalue weighted by atomic mass is 9.92. The lowest BCUT2D eigenvalue weighted by Crippen LogP contribution is -2.05. The molecule has 0 N–H and O–H groups in total. The molecule has 124 valence electrons. The van der Waals surface area contributed by atoms with Gasteiger partial charge in [-0.2, -0.15) is 13.2 Å². The number of aryl methyl sites for hydroxylation is 1. The highest BCUT2D eigenvalue weighted by Crippen LogP contribution is 2.24. The van der Waals surface area contributed by atoms with Crippen molar-refractivity contribution in [2.45, 2.75) is 66.0 Å². The Bertz CT molecular complexity index is 498. The van der Waals surface area contributed by atoms with Crippen molar-refractivity contribution in [1.29, 1.82) is 0 Å². The van der Waals surface area contributed by atoms with Gasteiger partial charge in [-0.1, -0.05) is 57.4 Å². The number of halogens is 3. The van der Waals surface area contributed by atoms with E-state index in [9.17, 15) is 13.2 Å². The summed E-state index contributed by atoms with van der Waals surface area (Å²) in [6.07, 6.45) is 0.0197. The van der Waals surface area contributed by atoms with Crippen molar-refractivity contribution in [2.24, 2.45) is 5.92 Å². The summed E-state index contributed by atoms with van der Waals surface area (Å²) in [7, 11) is 0. The van der Waals surface area contributed by atoms with Gasteiger partial charge in [-0.15, -0.1) is 0 Å². The quantitative estimate of drug-likeness (QED) is 0.510. The van der Waals surface area contributed by atoms with Gasteiger partial charge in [0.1, 0.15) is 0 Å². The van der Waals surface area contributed by atoms with E-state index in [1.807, 2.05) is 26.0 Å². The Morgan fingerprint density at radius 1 is 1.23 bits per heavy atom. The molecule has 0 saturated carbocycles. The van der Waals surface area contributed by atoms with Crippen LogP contribution in [-0.4, -0.2) is 6.18 Å². The van der Waals surface area contributed by atoms with Gasteiger partial charge in [0.2, 0.25) is 0 Å². The molecule has 1 unspecified atom stereocenters. The molecule has 0 amide bonds. The minimum absolute atomic E-state index is 0.387. The first-order chi connectivity index (χ1) is 10.2. The predicted octanol–water partition coefficient (Wildman–Crippen LogP) is 6.41. The van der Waals surface area contributed by atoms with Crippen LogP contribution in [0.25, 0.3) is 0 Å². The van der Waals surface area contributed by atoms with Crippen molar-refractivity contribution in [3.05, 3.63) is 46.5 Å². The number of allylic oxidation sites excluding steroid dienone is 2. The van der Waals surface area contributed by atoms with Crippen LogP contribution in [0, 0.1) is 12.8 Å². The Hall–Kier alpha value is -1.25. The average Bonchev–Trinajstić information content (AvgIpc) is 2.40. The van der Waals surface area contributed by atoms with Crippen molar-refractivity contribution >= 4 is 0 Å². The molecule has 0 aliphatic rings. The van der Waals surface area contributed by atoms with Crippen LogP contribution in [0.3, 0.4) is 0 Å². The molecule has 1 aromatic rings. The average molecular weight is 312 g/mol. The second kappa shape index (κ2) is 8.40. The third-order valence-electron chi connectivity index (χ3n) is 4.04. The topological polar surface area (TPSA) is 0 Å². The van der Waals surface area contributed by atoms with E-state index in [-0.39, 0.29) is 0 Å². The van der Waals surface area contributed by atoms with Crippen molar-refractivity contribution in [2.75, 3.05) is 0 Å². The van der Waals surface area contributed by atoms with E-state index in [1.54, 1.807) is 0 Å². The van der Waals surface area contributed by atoms with Crippen LogP contribution in [-0.2, 0) is 12.8 Å². The Balaban J connectivity index is 2.89. The number of hydrogen-bond acceptors (Lipinski definition) is 0. The van der Waals surface area contributed by atoms with Gasteiger partial charge in [0.05, 0.1) is 0 Å². The van der Waals surface area contributed by atoms with Gasteiger partial charge in [0, 0.05) is 6.08 Å². The van der Waals surface area contributed by atoms with Crippen molar-refractivity contribution in [3.8, 4) is 0 Å². The summed E-state index contributed by atoms with van der Waals surface area (Å²) in [5, 5.41) is 0. The van der Waals surface area contributed by atoms with Gasteiger partial charge in [-0.3, -0.25) is 0 Å². The zero-order valence-corrected chi connectivity index (χ0v) is 14.1. The molecule has 0 radical (unpaired) electrons. The third kappa shape index (κ3) is 6.67. The molecule has 0 spiro atoms. The monoisotopic (exact) mass is 312 g/mol. The van der Waals surface area contributed by atoms with E-state index in [0.29, 0.717) is 30.4 Å². The van der Waals surface area contributed by atoms with Gasteiger partial charge < -0.3 is 0 Å². The SMILES string of the molecule is CCC/C(=C\C(F)(F)F)Cc1ccc(CC(C)CC)c(C)c1. The van der Waals surface area contributed by atoms with Crippen LogP contribution >= 0.6 is 0 Å². The van der Waals surface area contributed by atoms with Crippen molar-refractivity contribution < 1.29 is 13.2 Å². The molecular weight excluding hydrogens is 285 g/mol. The Labute approximate surface area is 132 Å². The van der Waals surface area contributed by atoms with E-state index in [4.69, 9.17) is 0 Å². The number of rotatable bonds is 7. The molecule has 0 aliphatic carbocycles. The summed E-state index contributed by atoms with van der Waals surface area (Å²) < 4.78 is 37.7. The van der Waals surface area contributed by atoms with Crippen LogP contribution in [0.15, 0.2) is 29.8 Å². The van der Waals surface area contributed by atoms with Gasteiger partial charge in [0.25, 0.3) is 0 Å². The summed E-state index contributed by atoms with van der Waals surface area (Å²) in [6, 6.07) is 6.09. The molecule has 0 saturated heterocycles. The number of benzene rings is 1. The third-order valence-corrected chi connectivity index (χ3v) is 4.04. The maximum Gasteiger partial charge on any atom is 0.409 e. The lowest BCUT2D eigenvalue weighted by molar-refractivity contribution is -0.0807. The first kappa shape index (κ1) is 18.8. The molecule has 1 aromatic carbocycles. The molecule has 0 aromatic heterocycles. The molecule has 0 nitrogen and oxygen atoms in total. The van der Waals surface area contributed by atoms with E-state index >= 15 is 0 Å². The second-order valence-corrected chi connectivity index (χ2v) is 6.25. The number of hydrogen-bond donors (Lipinski definition) is 0. The molecule has 0 fully saturated rings. The first-order valence-corrected chi connectivity index (χ1v) is 8.10. The summed E-state index contributed by atoms with van der Waals surface area (Å²) in [4.78, 5) is 0. The molecular formula is C19H27F3. The molecule has 3 heteroatoms.